The summed E-state index contributed by atoms with van der Waals surface area (Å²) < 4.78 is 12.4. The van der Waals surface area contributed by atoms with Crippen molar-refractivity contribution in [1.29, 1.82) is 0 Å². The predicted molar refractivity (Wildman–Crippen MR) is 133 cm³/mol. The van der Waals surface area contributed by atoms with Gasteiger partial charge in [0.2, 0.25) is 0 Å². The first kappa shape index (κ1) is 23.7. The standard InChI is InChI=1S/C27H28N4O5/c1-35-20-12-10-19(11-13-20)31-24-21(23(29-31)25(28)33)14-16-30(26(24)34)18-8-6-17(7-9-18)27(36-2)15-4-3-5-22(27)32/h6-13H,3-5,14-16H2,1-2H3,(H2,28,33). The lowest BCUT2D eigenvalue weighted by Gasteiger charge is -2.35. The van der Waals surface area contributed by atoms with E-state index < -0.39 is 11.5 Å². The van der Waals surface area contributed by atoms with Gasteiger partial charge in [-0.25, -0.2) is 4.68 Å². The molecule has 2 amide bonds. The molecule has 5 rings (SSSR count). The topological polar surface area (TPSA) is 117 Å². The molecule has 1 fully saturated rings. The molecule has 2 aliphatic rings. The van der Waals surface area contributed by atoms with Gasteiger partial charge in [-0.05, 0) is 67.6 Å². The predicted octanol–water partition coefficient (Wildman–Crippen LogP) is 3.17. The van der Waals surface area contributed by atoms with Gasteiger partial charge in [-0.15, -0.1) is 0 Å². The van der Waals surface area contributed by atoms with Crippen molar-refractivity contribution in [2.45, 2.75) is 37.7 Å². The van der Waals surface area contributed by atoms with Crippen LogP contribution in [-0.4, -0.2) is 48.1 Å². The number of nitrogens with two attached hydrogens (primary N) is 1. The lowest BCUT2D eigenvalue weighted by molar-refractivity contribution is -0.146. The van der Waals surface area contributed by atoms with Crippen LogP contribution < -0.4 is 15.4 Å². The van der Waals surface area contributed by atoms with Gasteiger partial charge in [-0.1, -0.05) is 12.1 Å². The maximum Gasteiger partial charge on any atom is 0.277 e. The number of ether oxygens (including phenoxy) is 2. The summed E-state index contributed by atoms with van der Waals surface area (Å²) in [4.78, 5) is 40.3. The van der Waals surface area contributed by atoms with Crippen LogP contribution in [0.1, 0.15) is 57.8 Å². The van der Waals surface area contributed by atoms with Gasteiger partial charge in [0.25, 0.3) is 11.8 Å². The average molecular weight is 489 g/mol. The van der Waals surface area contributed by atoms with Gasteiger partial charge in [0.15, 0.2) is 17.1 Å². The fourth-order valence-electron chi connectivity index (χ4n) is 5.26. The molecule has 2 aromatic carbocycles. The number of rotatable bonds is 6. The van der Waals surface area contributed by atoms with Crippen molar-refractivity contribution >= 4 is 23.3 Å². The van der Waals surface area contributed by atoms with E-state index in [2.05, 4.69) is 5.10 Å². The van der Waals surface area contributed by atoms with Gasteiger partial charge in [0.05, 0.1) is 12.8 Å². The van der Waals surface area contributed by atoms with Crippen molar-refractivity contribution in [2.75, 3.05) is 25.7 Å². The molecule has 2 heterocycles. The first-order valence-corrected chi connectivity index (χ1v) is 12.0. The van der Waals surface area contributed by atoms with E-state index in [1.807, 2.05) is 24.3 Å². The minimum Gasteiger partial charge on any atom is -0.497 e. The third-order valence-electron chi connectivity index (χ3n) is 7.19. The number of ketones is 1. The highest BCUT2D eigenvalue weighted by Crippen LogP contribution is 2.38. The number of Topliss-reactive ketones (excluding diaryl/α,β-unsaturated/α-hetero) is 1. The number of fused-ring (bicyclic) bond motifs is 1. The lowest BCUT2D eigenvalue weighted by Crippen LogP contribution is -2.41. The molecule has 0 bridgehead atoms. The zero-order chi connectivity index (χ0) is 25.4. The number of amides is 2. The molecular weight excluding hydrogens is 460 g/mol. The van der Waals surface area contributed by atoms with E-state index in [0.29, 0.717) is 54.2 Å². The number of hydrogen-bond acceptors (Lipinski definition) is 6. The van der Waals surface area contributed by atoms with Gasteiger partial charge in [-0.3, -0.25) is 14.4 Å². The number of primary amides is 1. The summed E-state index contributed by atoms with van der Waals surface area (Å²) in [5, 5.41) is 4.40. The molecule has 1 unspecified atom stereocenters. The summed E-state index contributed by atoms with van der Waals surface area (Å²) in [7, 11) is 3.14. The Hall–Kier alpha value is -3.98. The number of anilines is 1. The summed E-state index contributed by atoms with van der Waals surface area (Å²) in [6.07, 6.45) is 3.37. The van der Waals surface area contributed by atoms with Gasteiger partial charge in [0, 0.05) is 31.3 Å². The fourth-order valence-corrected chi connectivity index (χ4v) is 5.26. The van der Waals surface area contributed by atoms with Crippen LogP contribution in [0.3, 0.4) is 0 Å². The molecular formula is C27H28N4O5. The highest BCUT2D eigenvalue weighted by atomic mass is 16.5. The molecule has 0 saturated heterocycles. The van der Waals surface area contributed by atoms with Crippen molar-refractivity contribution in [3.63, 3.8) is 0 Å². The molecule has 1 aromatic heterocycles. The Balaban J connectivity index is 1.51. The zero-order valence-electron chi connectivity index (χ0n) is 20.3. The van der Waals surface area contributed by atoms with E-state index in [9.17, 15) is 14.4 Å². The monoisotopic (exact) mass is 488 g/mol. The Morgan fingerprint density at radius 2 is 1.67 bits per heavy atom. The molecule has 186 valence electrons. The van der Waals surface area contributed by atoms with E-state index in [1.54, 1.807) is 43.4 Å². The molecule has 1 saturated carbocycles. The summed E-state index contributed by atoms with van der Waals surface area (Å²) in [6.45, 7) is 0.369. The van der Waals surface area contributed by atoms with Crippen molar-refractivity contribution in [2.24, 2.45) is 5.73 Å². The van der Waals surface area contributed by atoms with Gasteiger partial charge < -0.3 is 20.1 Å². The molecule has 2 N–H and O–H groups in total. The summed E-state index contributed by atoms with van der Waals surface area (Å²) in [6, 6.07) is 14.5. The first-order chi connectivity index (χ1) is 17.4. The van der Waals surface area contributed by atoms with E-state index >= 15 is 0 Å². The van der Waals surface area contributed by atoms with Crippen LogP contribution in [0.2, 0.25) is 0 Å². The van der Waals surface area contributed by atoms with Crippen LogP contribution in [0.15, 0.2) is 48.5 Å². The van der Waals surface area contributed by atoms with E-state index in [4.69, 9.17) is 15.2 Å². The number of benzene rings is 2. The number of methoxy groups -OCH3 is 2. The minimum absolute atomic E-state index is 0.0880. The van der Waals surface area contributed by atoms with E-state index in [0.717, 1.165) is 18.4 Å². The van der Waals surface area contributed by atoms with Gasteiger partial charge in [-0.2, -0.15) is 5.10 Å². The Bertz CT molecular complexity index is 1330. The van der Waals surface area contributed by atoms with Crippen LogP contribution in [0.4, 0.5) is 5.69 Å². The Morgan fingerprint density at radius 3 is 2.28 bits per heavy atom. The number of nitrogens with zero attached hydrogens (tertiary/aromatic N) is 3. The van der Waals surface area contributed by atoms with Crippen molar-refractivity contribution in [3.8, 4) is 11.4 Å². The SMILES string of the molecule is COc1ccc(-n2nc(C(N)=O)c3c2C(=O)N(c2ccc(C4(OC)CCCCC4=O)cc2)CC3)cc1. The number of hydrogen-bond donors (Lipinski definition) is 1. The molecule has 0 spiro atoms. The van der Waals surface area contributed by atoms with Crippen molar-refractivity contribution in [3.05, 3.63) is 71.0 Å². The fraction of sp³-hybridized carbons (Fsp3) is 0.333. The highest BCUT2D eigenvalue weighted by Gasteiger charge is 2.42. The smallest absolute Gasteiger partial charge is 0.277 e. The average Bonchev–Trinajstić information content (AvgIpc) is 3.31. The number of carbonyl (C=O) groups is 3. The second-order valence-corrected chi connectivity index (χ2v) is 9.06. The van der Waals surface area contributed by atoms with Crippen molar-refractivity contribution < 1.29 is 23.9 Å². The summed E-state index contributed by atoms with van der Waals surface area (Å²) in [5.41, 5.74) is 7.70. The Labute approximate surface area is 208 Å². The molecule has 1 atom stereocenters. The quantitative estimate of drug-likeness (QED) is 0.570. The summed E-state index contributed by atoms with van der Waals surface area (Å²) in [5.74, 6) is -0.209. The van der Waals surface area contributed by atoms with E-state index in [-0.39, 0.29) is 17.4 Å². The molecule has 0 radical (unpaired) electrons. The molecule has 3 aromatic rings. The Kier molecular flexibility index (Phi) is 6.09. The van der Waals surface area contributed by atoms with Crippen LogP contribution in [0.5, 0.6) is 5.75 Å². The highest BCUT2D eigenvalue weighted by molar-refractivity contribution is 6.09. The maximum absolute atomic E-state index is 13.7. The molecule has 1 aliphatic carbocycles. The zero-order valence-corrected chi connectivity index (χ0v) is 20.3. The third-order valence-corrected chi connectivity index (χ3v) is 7.19. The lowest BCUT2D eigenvalue weighted by atomic mass is 9.78. The maximum atomic E-state index is 13.7. The van der Waals surface area contributed by atoms with Crippen LogP contribution in [0.25, 0.3) is 5.69 Å². The van der Waals surface area contributed by atoms with Crippen molar-refractivity contribution in [1.82, 2.24) is 9.78 Å². The largest absolute Gasteiger partial charge is 0.497 e. The molecule has 36 heavy (non-hydrogen) atoms. The second-order valence-electron chi connectivity index (χ2n) is 9.06. The summed E-state index contributed by atoms with van der Waals surface area (Å²) >= 11 is 0. The number of carbonyl (C=O) groups excluding carboxylic acids is 3. The van der Waals surface area contributed by atoms with Crippen LogP contribution in [-0.2, 0) is 21.6 Å². The second kappa shape index (κ2) is 9.23. The van der Waals surface area contributed by atoms with Crippen LogP contribution in [0, 0.1) is 0 Å². The van der Waals surface area contributed by atoms with Crippen LogP contribution >= 0.6 is 0 Å². The molecule has 1 aliphatic heterocycles. The van der Waals surface area contributed by atoms with E-state index in [1.165, 1.54) is 4.68 Å². The van der Waals surface area contributed by atoms with Gasteiger partial charge >= 0.3 is 0 Å². The van der Waals surface area contributed by atoms with Gasteiger partial charge in [0.1, 0.15) is 11.4 Å². The Morgan fingerprint density at radius 1 is 0.972 bits per heavy atom. The molecule has 9 nitrogen and oxygen atoms in total. The number of aromatic nitrogens is 2. The first-order valence-electron chi connectivity index (χ1n) is 12.0. The minimum atomic E-state index is -0.931. The normalized spacial score (nSPS) is 19.8. The third kappa shape index (κ3) is 3.76. The molecule has 9 heteroatoms.